The van der Waals surface area contributed by atoms with E-state index in [1.165, 1.54) is 13.4 Å². The SMILES string of the molecule is COc1cc(OC)c(Nc2ncnc(Nc3cc(C)ccc3OC)c2N)cc1Cl. The van der Waals surface area contributed by atoms with Gasteiger partial charge in [0.15, 0.2) is 11.6 Å². The van der Waals surface area contributed by atoms with E-state index < -0.39 is 0 Å². The van der Waals surface area contributed by atoms with Crippen molar-refractivity contribution in [2.45, 2.75) is 6.92 Å². The van der Waals surface area contributed by atoms with Crippen molar-refractivity contribution in [3.05, 3.63) is 47.2 Å². The molecule has 3 rings (SSSR count). The molecule has 0 aliphatic rings. The molecule has 152 valence electrons. The van der Waals surface area contributed by atoms with Gasteiger partial charge in [-0.25, -0.2) is 9.97 Å². The van der Waals surface area contributed by atoms with Crippen LogP contribution in [0.3, 0.4) is 0 Å². The van der Waals surface area contributed by atoms with Crippen molar-refractivity contribution in [3.63, 3.8) is 0 Å². The van der Waals surface area contributed by atoms with E-state index in [0.29, 0.717) is 45.3 Å². The van der Waals surface area contributed by atoms with Gasteiger partial charge in [0, 0.05) is 6.07 Å². The van der Waals surface area contributed by atoms with Gasteiger partial charge in [0.05, 0.1) is 37.7 Å². The molecule has 4 N–H and O–H groups in total. The molecule has 29 heavy (non-hydrogen) atoms. The molecular weight excluding hydrogens is 394 g/mol. The van der Waals surface area contributed by atoms with Crippen LogP contribution in [-0.2, 0) is 0 Å². The summed E-state index contributed by atoms with van der Waals surface area (Å²) in [6.45, 7) is 1.99. The van der Waals surface area contributed by atoms with E-state index >= 15 is 0 Å². The topological polar surface area (TPSA) is 104 Å². The molecular formula is C20H22ClN5O3. The molecule has 3 aromatic rings. The molecule has 0 atom stereocenters. The number of hydrogen-bond acceptors (Lipinski definition) is 8. The highest BCUT2D eigenvalue weighted by Gasteiger charge is 2.15. The number of halogens is 1. The molecule has 0 bridgehead atoms. The first-order valence-corrected chi connectivity index (χ1v) is 9.05. The molecule has 0 fully saturated rings. The van der Waals surface area contributed by atoms with Crippen LogP contribution in [0.25, 0.3) is 0 Å². The standard InChI is InChI=1S/C20H22ClN5O3/c1-11-5-6-15(27-2)13(7-11)25-19-18(22)20(24-10-23-19)26-14-8-12(21)16(28-3)9-17(14)29-4/h5-10H,22H2,1-4H3,(H2,23,24,25,26). The van der Waals surface area contributed by atoms with Crippen LogP contribution in [0.15, 0.2) is 36.7 Å². The first-order chi connectivity index (χ1) is 14.0. The largest absolute Gasteiger partial charge is 0.495 e. The molecule has 0 saturated carbocycles. The fourth-order valence-electron chi connectivity index (χ4n) is 2.73. The number of anilines is 5. The molecule has 9 heteroatoms. The Morgan fingerprint density at radius 1 is 0.828 bits per heavy atom. The van der Waals surface area contributed by atoms with Gasteiger partial charge in [0.25, 0.3) is 0 Å². The zero-order valence-corrected chi connectivity index (χ0v) is 17.3. The van der Waals surface area contributed by atoms with Crippen LogP contribution >= 0.6 is 11.6 Å². The number of benzene rings is 2. The quantitative estimate of drug-likeness (QED) is 0.517. The lowest BCUT2D eigenvalue weighted by Crippen LogP contribution is -2.06. The minimum Gasteiger partial charge on any atom is -0.495 e. The van der Waals surface area contributed by atoms with Gasteiger partial charge in [0.1, 0.15) is 29.3 Å². The number of nitrogens with one attached hydrogen (secondary N) is 2. The Labute approximate surface area is 174 Å². The van der Waals surface area contributed by atoms with E-state index in [1.54, 1.807) is 26.4 Å². The van der Waals surface area contributed by atoms with Crippen molar-refractivity contribution in [2.24, 2.45) is 0 Å². The monoisotopic (exact) mass is 415 g/mol. The van der Waals surface area contributed by atoms with Gasteiger partial charge < -0.3 is 30.6 Å². The Balaban J connectivity index is 1.94. The predicted molar refractivity (Wildman–Crippen MR) is 115 cm³/mol. The second-order valence-corrected chi connectivity index (χ2v) is 6.53. The summed E-state index contributed by atoms with van der Waals surface area (Å²) in [6, 6.07) is 9.13. The van der Waals surface area contributed by atoms with E-state index in [4.69, 9.17) is 31.5 Å². The number of methoxy groups -OCH3 is 3. The summed E-state index contributed by atoms with van der Waals surface area (Å²) in [4.78, 5) is 8.48. The normalized spacial score (nSPS) is 10.4. The zero-order chi connectivity index (χ0) is 21.0. The van der Waals surface area contributed by atoms with Crippen molar-refractivity contribution < 1.29 is 14.2 Å². The summed E-state index contributed by atoms with van der Waals surface area (Å²) in [6.07, 6.45) is 1.40. The summed E-state index contributed by atoms with van der Waals surface area (Å²) in [7, 11) is 4.69. The third-order valence-electron chi connectivity index (χ3n) is 4.22. The number of nitrogen functional groups attached to an aromatic ring is 1. The molecule has 1 aromatic heterocycles. The molecule has 0 amide bonds. The number of rotatable bonds is 7. The molecule has 2 aromatic carbocycles. The van der Waals surface area contributed by atoms with E-state index in [0.717, 1.165) is 11.3 Å². The van der Waals surface area contributed by atoms with Crippen LogP contribution in [0, 0.1) is 6.92 Å². The molecule has 1 heterocycles. The Bertz CT molecular complexity index is 1030. The Morgan fingerprint density at radius 3 is 2.00 bits per heavy atom. The average molecular weight is 416 g/mol. The molecule has 8 nitrogen and oxygen atoms in total. The van der Waals surface area contributed by atoms with Gasteiger partial charge in [-0.2, -0.15) is 0 Å². The van der Waals surface area contributed by atoms with E-state index in [-0.39, 0.29) is 0 Å². The van der Waals surface area contributed by atoms with Crippen molar-refractivity contribution in [1.82, 2.24) is 9.97 Å². The molecule has 0 unspecified atom stereocenters. The van der Waals surface area contributed by atoms with Gasteiger partial charge in [-0.05, 0) is 30.7 Å². The third-order valence-corrected chi connectivity index (χ3v) is 4.51. The summed E-state index contributed by atoms with van der Waals surface area (Å²) < 4.78 is 16.0. The summed E-state index contributed by atoms with van der Waals surface area (Å²) in [5.41, 5.74) is 9.03. The number of nitrogens with two attached hydrogens (primary N) is 1. The lowest BCUT2D eigenvalue weighted by Gasteiger charge is -2.16. The smallest absolute Gasteiger partial charge is 0.159 e. The maximum Gasteiger partial charge on any atom is 0.159 e. The lowest BCUT2D eigenvalue weighted by molar-refractivity contribution is 0.396. The van der Waals surface area contributed by atoms with Gasteiger partial charge in [0.2, 0.25) is 0 Å². The van der Waals surface area contributed by atoms with Crippen LogP contribution in [0.1, 0.15) is 5.56 Å². The fourth-order valence-corrected chi connectivity index (χ4v) is 2.97. The molecule has 0 spiro atoms. The lowest BCUT2D eigenvalue weighted by atomic mass is 10.2. The highest BCUT2D eigenvalue weighted by Crippen LogP contribution is 2.39. The molecule has 0 saturated heterocycles. The number of aromatic nitrogens is 2. The second kappa shape index (κ2) is 8.74. The summed E-state index contributed by atoms with van der Waals surface area (Å²) in [5, 5.41) is 6.76. The van der Waals surface area contributed by atoms with Crippen LogP contribution < -0.4 is 30.6 Å². The molecule has 0 aliphatic heterocycles. The highest BCUT2D eigenvalue weighted by molar-refractivity contribution is 6.32. The van der Waals surface area contributed by atoms with Crippen molar-refractivity contribution in [2.75, 3.05) is 37.7 Å². The van der Waals surface area contributed by atoms with E-state index in [9.17, 15) is 0 Å². The number of hydrogen-bond donors (Lipinski definition) is 3. The van der Waals surface area contributed by atoms with E-state index in [2.05, 4.69) is 20.6 Å². The van der Waals surface area contributed by atoms with Crippen LogP contribution in [0.5, 0.6) is 17.2 Å². The van der Waals surface area contributed by atoms with Gasteiger partial charge >= 0.3 is 0 Å². The average Bonchev–Trinajstić information content (AvgIpc) is 2.71. The highest BCUT2D eigenvalue weighted by atomic mass is 35.5. The van der Waals surface area contributed by atoms with Crippen LogP contribution in [0.2, 0.25) is 5.02 Å². The van der Waals surface area contributed by atoms with Crippen molar-refractivity contribution in [1.29, 1.82) is 0 Å². The first kappa shape index (κ1) is 20.3. The minimum atomic E-state index is 0.324. The first-order valence-electron chi connectivity index (χ1n) is 8.67. The second-order valence-electron chi connectivity index (χ2n) is 6.13. The van der Waals surface area contributed by atoms with Gasteiger partial charge in [-0.3, -0.25) is 0 Å². The fraction of sp³-hybridized carbons (Fsp3) is 0.200. The predicted octanol–water partition coefficient (Wildman–Crippen LogP) is 4.53. The Morgan fingerprint density at radius 2 is 1.41 bits per heavy atom. The van der Waals surface area contributed by atoms with E-state index in [1.807, 2.05) is 25.1 Å². The van der Waals surface area contributed by atoms with Crippen LogP contribution in [-0.4, -0.2) is 31.3 Å². The Hall–Kier alpha value is -3.39. The van der Waals surface area contributed by atoms with Crippen molar-refractivity contribution >= 4 is 40.3 Å². The van der Waals surface area contributed by atoms with Gasteiger partial charge in [-0.15, -0.1) is 0 Å². The van der Waals surface area contributed by atoms with Crippen molar-refractivity contribution in [3.8, 4) is 17.2 Å². The minimum absolute atomic E-state index is 0.324. The maximum absolute atomic E-state index is 6.30. The summed E-state index contributed by atoms with van der Waals surface area (Å²) in [5.74, 6) is 2.53. The maximum atomic E-state index is 6.30. The zero-order valence-electron chi connectivity index (χ0n) is 16.5. The third kappa shape index (κ3) is 4.38. The number of ether oxygens (including phenoxy) is 3. The number of aryl methyl sites for hydroxylation is 1. The van der Waals surface area contributed by atoms with Gasteiger partial charge in [-0.1, -0.05) is 17.7 Å². The summed E-state index contributed by atoms with van der Waals surface area (Å²) >= 11 is 6.24. The van der Waals surface area contributed by atoms with Crippen LogP contribution in [0.4, 0.5) is 28.7 Å². The molecule has 0 aliphatic carbocycles. The Kier molecular flexibility index (Phi) is 6.13. The number of nitrogens with zero attached hydrogens (tertiary/aromatic N) is 2. The molecule has 0 radical (unpaired) electrons.